The van der Waals surface area contributed by atoms with Crippen LogP contribution in [0.2, 0.25) is 0 Å². The fourth-order valence-corrected chi connectivity index (χ4v) is 2.18. The number of hydrogen-bond donors (Lipinski definition) is 2. The molecule has 1 aromatic carbocycles. The fraction of sp³-hybridized carbons (Fsp3) is 0.500. The first-order valence-electron chi connectivity index (χ1n) is 7.47. The quantitative estimate of drug-likeness (QED) is 0.844. The molecule has 0 aromatic heterocycles. The van der Waals surface area contributed by atoms with E-state index in [2.05, 4.69) is 17.6 Å². The lowest BCUT2D eigenvalue weighted by molar-refractivity contribution is -0.123. The number of benzene rings is 1. The summed E-state index contributed by atoms with van der Waals surface area (Å²) in [4.78, 5) is 23.1. The van der Waals surface area contributed by atoms with Crippen molar-refractivity contribution in [3.8, 4) is 5.75 Å². The second-order valence-corrected chi connectivity index (χ2v) is 5.28. The predicted octanol–water partition coefficient (Wildman–Crippen LogP) is 2.25. The minimum absolute atomic E-state index is 0.0975. The lowest BCUT2D eigenvalue weighted by Gasteiger charge is -2.23. The van der Waals surface area contributed by atoms with Crippen LogP contribution in [0.3, 0.4) is 0 Å². The smallest absolute Gasteiger partial charge is 0.265 e. The maximum Gasteiger partial charge on any atom is 0.265 e. The van der Waals surface area contributed by atoms with Gasteiger partial charge in [0, 0.05) is 13.0 Å². The van der Waals surface area contributed by atoms with Crippen LogP contribution in [-0.4, -0.2) is 24.5 Å². The van der Waals surface area contributed by atoms with Crippen molar-refractivity contribution >= 4 is 17.5 Å². The van der Waals surface area contributed by atoms with E-state index < -0.39 is 6.10 Å². The molecule has 1 atom stereocenters. The van der Waals surface area contributed by atoms with Crippen LogP contribution < -0.4 is 15.4 Å². The normalized spacial score (nSPS) is 16.7. The molecule has 0 bridgehead atoms. The molecule has 5 nitrogen and oxygen atoms in total. The van der Waals surface area contributed by atoms with Crippen molar-refractivity contribution in [3.05, 3.63) is 23.8 Å². The summed E-state index contributed by atoms with van der Waals surface area (Å²) in [5, 5.41) is 5.73. The van der Waals surface area contributed by atoms with Crippen molar-refractivity contribution in [1.29, 1.82) is 0 Å². The Morgan fingerprint density at radius 3 is 3.00 bits per heavy atom. The minimum atomic E-state index is -0.457. The molecule has 2 N–H and O–H groups in total. The Labute approximate surface area is 125 Å². The van der Waals surface area contributed by atoms with Crippen LogP contribution in [0.5, 0.6) is 5.75 Å². The van der Waals surface area contributed by atoms with Crippen LogP contribution in [0.1, 0.15) is 38.7 Å². The van der Waals surface area contributed by atoms with Gasteiger partial charge >= 0.3 is 0 Å². The summed E-state index contributed by atoms with van der Waals surface area (Å²) < 4.78 is 5.50. The van der Waals surface area contributed by atoms with Crippen LogP contribution in [0.15, 0.2) is 18.2 Å². The number of ether oxygens (including phenoxy) is 1. The van der Waals surface area contributed by atoms with E-state index in [1.807, 2.05) is 18.2 Å². The molecule has 21 heavy (non-hydrogen) atoms. The molecule has 1 heterocycles. The first-order valence-corrected chi connectivity index (χ1v) is 7.47. The topological polar surface area (TPSA) is 67.4 Å². The summed E-state index contributed by atoms with van der Waals surface area (Å²) in [6.07, 6.45) is 2.81. The Morgan fingerprint density at radius 1 is 1.43 bits per heavy atom. The monoisotopic (exact) mass is 290 g/mol. The van der Waals surface area contributed by atoms with E-state index in [1.165, 1.54) is 0 Å². The van der Waals surface area contributed by atoms with Crippen molar-refractivity contribution in [1.82, 2.24) is 5.32 Å². The van der Waals surface area contributed by atoms with Crippen LogP contribution >= 0.6 is 0 Å². The van der Waals surface area contributed by atoms with E-state index in [1.54, 1.807) is 6.92 Å². The molecular formula is C16H22N2O3. The van der Waals surface area contributed by atoms with Crippen LogP contribution in [0.4, 0.5) is 5.69 Å². The number of amides is 2. The molecular weight excluding hydrogens is 268 g/mol. The fourth-order valence-electron chi connectivity index (χ4n) is 2.18. The van der Waals surface area contributed by atoms with Gasteiger partial charge < -0.3 is 15.4 Å². The third kappa shape index (κ3) is 4.21. The standard InChI is InChI=1S/C16H22N2O3/c1-3-4-5-15(19)17-9-8-12-6-7-14-13(10-12)18-16(20)11(2)21-14/h6-7,10-11H,3-5,8-9H2,1-2H3,(H,17,19)(H,18,20). The van der Waals surface area contributed by atoms with E-state index in [0.29, 0.717) is 24.4 Å². The zero-order valence-electron chi connectivity index (χ0n) is 12.6. The molecule has 1 unspecified atom stereocenters. The summed E-state index contributed by atoms with van der Waals surface area (Å²) in [5.41, 5.74) is 1.76. The molecule has 0 spiro atoms. The molecule has 1 aliphatic heterocycles. The van der Waals surface area contributed by atoms with Crippen LogP contribution in [0.25, 0.3) is 0 Å². The lowest BCUT2D eigenvalue weighted by Crippen LogP contribution is -2.34. The number of carbonyl (C=O) groups excluding carboxylic acids is 2. The number of anilines is 1. The van der Waals surface area contributed by atoms with Gasteiger partial charge in [0.1, 0.15) is 5.75 Å². The Hall–Kier alpha value is -2.04. The first-order chi connectivity index (χ1) is 10.1. The average Bonchev–Trinajstić information content (AvgIpc) is 2.46. The Kier molecular flexibility index (Phi) is 5.20. The summed E-state index contributed by atoms with van der Waals surface area (Å²) in [6, 6.07) is 5.72. The van der Waals surface area contributed by atoms with Crippen LogP contribution in [0, 0.1) is 0 Å². The van der Waals surface area contributed by atoms with Crippen molar-refractivity contribution in [3.63, 3.8) is 0 Å². The van der Waals surface area contributed by atoms with E-state index in [-0.39, 0.29) is 11.8 Å². The van der Waals surface area contributed by atoms with Gasteiger partial charge in [-0.3, -0.25) is 9.59 Å². The van der Waals surface area contributed by atoms with Crippen molar-refractivity contribution in [2.45, 2.75) is 45.6 Å². The van der Waals surface area contributed by atoms with Gasteiger partial charge in [0.05, 0.1) is 5.69 Å². The highest BCUT2D eigenvalue weighted by atomic mass is 16.5. The molecule has 0 saturated heterocycles. The number of unbranched alkanes of at least 4 members (excludes halogenated alkanes) is 1. The zero-order chi connectivity index (χ0) is 15.2. The number of nitrogens with one attached hydrogen (secondary N) is 2. The summed E-state index contributed by atoms with van der Waals surface area (Å²) >= 11 is 0. The maximum atomic E-state index is 11.6. The molecule has 5 heteroatoms. The van der Waals surface area contributed by atoms with Gasteiger partial charge in [-0.05, 0) is 37.5 Å². The van der Waals surface area contributed by atoms with Gasteiger partial charge in [0.2, 0.25) is 5.91 Å². The van der Waals surface area contributed by atoms with E-state index in [0.717, 1.165) is 24.8 Å². The largest absolute Gasteiger partial charge is 0.479 e. The predicted molar refractivity (Wildman–Crippen MR) is 81.4 cm³/mol. The average molecular weight is 290 g/mol. The van der Waals surface area contributed by atoms with E-state index in [9.17, 15) is 9.59 Å². The van der Waals surface area contributed by atoms with Gasteiger partial charge in [0.15, 0.2) is 6.10 Å². The molecule has 0 saturated carbocycles. The molecule has 1 aromatic rings. The second kappa shape index (κ2) is 7.11. The number of rotatable bonds is 6. The Bertz CT molecular complexity index is 528. The van der Waals surface area contributed by atoms with Gasteiger partial charge in [-0.25, -0.2) is 0 Å². The zero-order valence-corrected chi connectivity index (χ0v) is 12.6. The van der Waals surface area contributed by atoms with Gasteiger partial charge in [-0.15, -0.1) is 0 Å². The summed E-state index contributed by atoms with van der Waals surface area (Å²) in [6.45, 7) is 4.39. The molecule has 1 aliphatic rings. The van der Waals surface area contributed by atoms with Crippen LogP contribution in [-0.2, 0) is 16.0 Å². The van der Waals surface area contributed by atoms with E-state index >= 15 is 0 Å². The number of carbonyl (C=O) groups is 2. The molecule has 114 valence electrons. The van der Waals surface area contributed by atoms with Crippen molar-refractivity contribution < 1.29 is 14.3 Å². The summed E-state index contributed by atoms with van der Waals surface area (Å²) in [5.74, 6) is 0.658. The highest BCUT2D eigenvalue weighted by Crippen LogP contribution is 2.30. The number of fused-ring (bicyclic) bond motifs is 1. The van der Waals surface area contributed by atoms with Gasteiger partial charge in [0.25, 0.3) is 5.91 Å². The lowest BCUT2D eigenvalue weighted by atomic mass is 10.1. The molecule has 0 fully saturated rings. The van der Waals surface area contributed by atoms with Crippen molar-refractivity contribution in [2.75, 3.05) is 11.9 Å². The van der Waals surface area contributed by atoms with Gasteiger partial charge in [-0.2, -0.15) is 0 Å². The molecule has 0 radical (unpaired) electrons. The first kappa shape index (κ1) is 15.4. The Balaban J connectivity index is 1.87. The Morgan fingerprint density at radius 2 is 2.24 bits per heavy atom. The highest BCUT2D eigenvalue weighted by molar-refractivity contribution is 5.97. The molecule has 2 amide bonds. The van der Waals surface area contributed by atoms with Crippen molar-refractivity contribution in [2.24, 2.45) is 0 Å². The van der Waals surface area contributed by atoms with Gasteiger partial charge in [-0.1, -0.05) is 19.4 Å². The SMILES string of the molecule is CCCCC(=O)NCCc1ccc2c(c1)NC(=O)C(C)O2. The third-order valence-corrected chi connectivity index (χ3v) is 3.47. The minimum Gasteiger partial charge on any atom is -0.479 e. The maximum absolute atomic E-state index is 11.6. The molecule has 2 rings (SSSR count). The van der Waals surface area contributed by atoms with E-state index in [4.69, 9.17) is 4.74 Å². The molecule has 0 aliphatic carbocycles. The highest BCUT2D eigenvalue weighted by Gasteiger charge is 2.23. The second-order valence-electron chi connectivity index (χ2n) is 5.28. The summed E-state index contributed by atoms with van der Waals surface area (Å²) in [7, 11) is 0. The number of hydrogen-bond acceptors (Lipinski definition) is 3. The third-order valence-electron chi connectivity index (χ3n) is 3.47.